The van der Waals surface area contributed by atoms with E-state index in [1.165, 1.54) is 12.1 Å². The maximum atomic E-state index is 13.2. The van der Waals surface area contributed by atoms with Crippen molar-refractivity contribution in [3.05, 3.63) is 29.6 Å². The third-order valence-electron chi connectivity index (χ3n) is 3.91. The molecule has 0 amide bonds. The first-order valence-corrected chi connectivity index (χ1v) is 6.44. The summed E-state index contributed by atoms with van der Waals surface area (Å²) in [5.41, 5.74) is 6.72. The molecular formula is C14H18FNO2. The fraction of sp³-hybridized carbons (Fsp3) is 0.571. The van der Waals surface area contributed by atoms with Gasteiger partial charge in [0.25, 0.3) is 0 Å². The lowest BCUT2D eigenvalue weighted by atomic mass is 9.80. The van der Waals surface area contributed by atoms with Crippen LogP contribution in [-0.2, 0) is 4.74 Å². The molecule has 1 aromatic rings. The van der Waals surface area contributed by atoms with E-state index in [9.17, 15) is 4.39 Å². The summed E-state index contributed by atoms with van der Waals surface area (Å²) in [4.78, 5) is 0. The molecule has 2 unspecified atom stereocenters. The summed E-state index contributed by atoms with van der Waals surface area (Å²) in [5, 5.41) is 0. The zero-order valence-corrected chi connectivity index (χ0v) is 10.5. The highest BCUT2D eigenvalue weighted by molar-refractivity contribution is 5.39. The van der Waals surface area contributed by atoms with Crippen LogP contribution in [0.25, 0.3) is 0 Å². The van der Waals surface area contributed by atoms with Gasteiger partial charge in [-0.05, 0) is 25.1 Å². The zero-order valence-electron chi connectivity index (χ0n) is 10.5. The van der Waals surface area contributed by atoms with E-state index in [-0.39, 0.29) is 23.6 Å². The Balaban J connectivity index is 1.93. The second-order valence-corrected chi connectivity index (χ2v) is 5.41. The van der Waals surface area contributed by atoms with Gasteiger partial charge >= 0.3 is 0 Å². The molecule has 1 fully saturated rings. The van der Waals surface area contributed by atoms with Crippen LogP contribution in [0, 0.1) is 5.82 Å². The highest BCUT2D eigenvalue weighted by Gasteiger charge is 2.43. The summed E-state index contributed by atoms with van der Waals surface area (Å²) in [5.74, 6) is 0.466. The molecule has 1 saturated heterocycles. The monoisotopic (exact) mass is 251 g/mol. The average molecular weight is 251 g/mol. The Bertz CT molecular complexity index is 465. The number of fused-ring (bicyclic) bond motifs is 1. The Morgan fingerprint density at radius 2 is 2.22 bits per heavy atom. The van der Waals surface area contributed by atoms with Gasteiger partial charge in [0, 0.05) is 30.9 Å². The minimum atomic E-state index is -0.260. The first-order chi connectivity index (χ1) is 8.58. The Labute approximate surface area is 106 Å². The molecule has 2 aliphatic heterocycles. The molecule has 2 aliphatic rings. The van der Waals surface area contributed by atoms with Gasteiger partial charge in [-0.3, -0.25) is 0 Å². The Morgan fingerprint density at radius 1 is 1.39 bits per heavy atom. The van der Waals surface area contributed by atoms with Crippen molar-refractivity contribution in [3.8, 4) is 5.75 Å². The van der Waals surface area contributed by atoms with E-state index >= 15 is 0 Å². The lowest BCUT2D eigenvalue weighted by molar-refractivity contribution is -0.0949. The lowest BCUT2D eigenvalue weighted by Crippen LogP contribution is -2.49. The van der Waals surface area contributed by atoms with Crippen molar-refractivity contribution >= 4 is 0 Å². The summed E-state index contributed by atoms with van der Waals surface area (Å²) in [6.07, 6.45) is 2.62. The standard InChI is InChI=1S/C14H18FNO2/c1-9-7-14(4-5-17-9)8-12(16)11-6-10(15)2-3-13(11)18-14/h2-3,6,9,12H,4-5,7-8,16H2,1H3/t9?,12-,14?/m0/s1. The van der Waals surface area contributed by atoms with E-state index < -0.39 is 0 Å². The highest BCUT2D eigenvalue weighted by Crippen LogP contribution is 2.44. The minimum Gasteiger partial charge on any atom is -0.487 e. The van der Waals surface area contributed by atoms with Gasteiger partial charge < -0.3 is 15.2 Å². The largest absolute Gasteiger partial charge is 0.487 e. The van der Waals surface area contributed by atoms with Crippen LogP contribution in [0.4, 0.5) is 4.39 Å². The Kier molecular flexibility index (Phi) is 2.79. The second kappa shape index (κ2) is 4.21. The molecule has 4 heteroatoms. The van der Waals surface area contributed by atoms with Crippen LogP contribution < -0.4 is 10.5 Å². The van der Waals surface area contributed by atoms with Crippen molar-refractivity contribution in [2.45, 2.75) is 43.9 Å². The van der Waals surface area contributed by atoms with Gasteiger partial charge in [-0.1, -0.05) is 0 Å². The quantitative estimate of drug-likeness (QED) is 0.770. The molecule has 1 aromatic carbocycles. The normalized spacial score (nSPS) is 35.1. The van der Waals surface area contributed by atoms with Gasteiger partial charge in [-0.25, -0.2) is 4.39 Å². The van der Waals surface area contributed by atoms with Crippen molar-refractivity contribution in [1.29, 1.82) is 0 Å². The van der Waals surface area contributed by atoms with Gasteiger partial charge in [-0.15, -0.1) is 0 Å². The summed E-state index contributed by atoms with van der Waals surface area (Å²) >= 11 is 0. The average Bonchev–Trinajstić information content (AvgIpc) is 2.30. The first kappa shape index (κ1) is 11.9. The number of nitrogens with two attached hydrogens (primary N) is 1. The fourth-order valence-corrected chi connectivity index (χ4v) is 3.10. The molecule has 1 spiro atoms. The molecule has 0 bridgehead atoms. The molecule has 0 saturated carbocycles. The van der Waals surface area contributed by atoms with Crippen molar-refractivity contribution in [2.24, 2.45) is 5.73 Å². The Hall–Kier alpha value is -1.13. The number of hydrogen-bond acceptors (Lipinski definition) is 3. The van der Waals surface area contributed by atoms with E-state index in [0.717, 1.165) is 30.6 Å². The molecule has 0 aromatic heterocycles. The number of hydrogen-bond donors (Lipinski definition) is 1. The predicted octanol–water partition coefficient (Wildman–Crippen LogP) is 2.55. The van der Waals surface area contributed by atoms with Gasteiger partial charge in [-0.2, -0.15) is 0 Å². The van der Waals surface area contributed by atoms with E-state index in [1.54, 1.807) is 6.07 Å². The van der Waals surface area contributed by atoms with Crippen molar-refractivity contribution in [2.75, 3.05) is 6.61 Å². The molecule has 0 aliphatic carbocycles. The van der Waals surface area contributed by atoms with Crippen molar-refractivity contribution in [3.63, 3.8) is 0 Å². The molecule has 2 N–H and O–H groups in total. The predicted molar refractivity (Wildman–Crippen MR) is 66.0 cm³/mol. The summed E-state index contributed by atoms with van der Waals surface area (Å²) in [7, 11) is 0. The fourth-order valence-electron chi connectivity index (χ4n) is 3.10. The molecule has 98 valence electrons. The van der Waals surface area contributed by atoms with Crippen LogP contribution in [-0.4, -0.2) is 18.3 Å². The van der Waals surface area contributed by atoms with Gasteiger partial charge in [0.15, 0.2) is 0 Å². The van der Waals surface area contributed by atoms with Crippen molar-refractivity contribution in [1.82, 2.24) is 0 Å². The Morgan fingerprint density at radius 3 is 3.00 bits per heavy atom. The lowest BCUT2D eigenvalue weighted by Gasteiger charge is -2.45. The SMILES string of the molecule is CC1CC2(CCO1)C[C@H](N)c1cc(F)ccc1O2. The maximum absolute atomic E-state index is 13.2. The van der Waals surface area contributed by atoms with E-state index in [1.807, 2.05) is 0 Å². The van der Waals surface area contributed by atoms with Gasteiger partial charge in [0.05, 0.1) is 12.7 Å². The summed E-state index contributed by atoms with van der Waals surface area (Å²) in [6, 6.07) is 4.43. The maximum Gasteiger partial charge on any atom is 0.125 e. The molecular weight excluding hydrogens is 233 g/mol. The van der Waals surface area contributed by atoms with E-state index in [0.29, 0.717) is 6.61 Å². The third kappa shape index (κ3) is 1.99. The molecule has 18 heavy (non-hydrogen) atoms. The molecule has 3 rings (SSSR count). The number of rotatable bonds is 0. The first-order valence-electron chi connectivity index (χ1n) is 6.44. The minimum absolute atomic E-state index is 0.158. The topological polar surface area (TPSA) is 44.5 Å². The third-order valence-corrected chi connectivity index (χ3v) is 3.91. The van der Waals surface area contributed by atoms with Crippen LogP contribution in [0.2, 0.25) is 0 Å². The summed E-state index contributed by atoms with van der Waals surface area (Å²) in [6.45, 7) is 2.75. The molecule has 3 atom stereocenters. The van der Waals surface area contributed by atoms with Gasteiger partial charge in [0.1, 0.15) is 17.2 Å². The number of halogens is 1. The van der Waals surface area contributed by atoms with Crippen LogP contribution in [0.1, 0.15) is 37.8 Å². The number of ether oxygens (including phenoxy) is 2. The second-order valence-electron chi connectivity index (χ2n) is 5.41. The van der Waals surface area contributed by atoms with Gasteiger partial charge in [0.2, 0.25) is 0 Å². The highest BCUT2D eigenvalue weighted by atomic mass is 19.1. The van der Waals surface area contributed by atoms with Crippen LogP contribution in [0.3, 0.4) is 0 Å². The van der Waals surface area contributed by atoms with Crippen LogP contribution >= 0.6 is 0 Å². The molecule has 2 heterocycles. The van der Waals surface area contributed by atoms with E-state index in [4.69, 9.17) is 15.2 Å². The smallest absolute Gasteiger partial charge is 0.125 e. The molecule has 3 nitrogen and oxygen atoms in total. The zero-order chi connectivity index (χ0) is 12.8. The van der Waals surface area contributed by atoms with E-state index in [2.05, 4.69) is 6.92 Å². The summed E-state index contributed by atoms with van der Waals surface area (Å²) < 4.78 is 24.9. The van der Waals surface area contributed by atoms with Crippen LogP contribution in [0.15, 0.2) is 18.2 Å². The molecule has 0 radical (unpaired) electrons. The number of benzene rings is 1. The van der Waals surface area contributed by atoms with Crippen molar-refractivity contribution < 1.29 is 13.9 Å². The van der Waals surface area contributed by atoms with Crippen LogP contribution in [0.5, 0.6) is 5.75 Å².